The van der Waals surface area contributed by atoms with Gasteiger partial charge in [-0.3, -0.25) is 14.5 Å². The monoisotopic (exact) mass is 425 g/mol. The second-order valence-electron chi connectivity index (χ2n) is 10.4. The zero-order valence-corrected chi connectivity index (χ0v) is 19.3. The van der Waals surface area contributed by atoms with Crippen molar-refractivity contribution in [2.45, 2.75) is 71.9 Å². The number of carbonyl (C=O) groups excluding carboxylic acids is 2. The van der Waals surface area contributed by atoms with E-state index in [4.69, 9.17) is 0 Å². The van der Waals surface area contributed by atoms with Crippen molar-refractivity contribution in [1.29, 1.82) is 0 Å². The third kappa shape index (κ3) is 5.68. The summed E-state index contributed by atoms with van der Waals surface area (Å²) < 4.78 is 0. The lowest BCUT2D eigenvalue weighted by Crippen LogP contribution is -2.48. The average molecular weight is 426 g/mol. The molecule has 1 aromatic carbocycles. The fourth-order valence-corrected chi connectivity index (χ4v) is 6.82. The maximum Gasteiger partial charge on any atom is 0.239 e. The van der Waals surface area contributed by atoms with Crippen LogP contribution in [-0.4, -0.2) is 36.3 Å². The van der Waals surface area contributed by atoms with Crippen LogP contribution in [0.3, 0.4) is 0 Å². The number of rotatable bonds is 10. The SMILES string of the molecule is CCN(CC)Cc1ccc(CNC(=O)CNC(=O)CC23CC4CC(CC(C4)C2)C3)cc1. The first-order chi connectivity index (χ1) is 15.0. The first kappa shape index (κ1) is 22.3. The lowest BCUT2D eigenvalue weighted by Gasteiger charge is -2.56. The largest absolute Gasteiger partial charge is 0.350 e. The van der Waals surface area contributed by atoms with E-state index in [-0.39, 0.29) is 23.8 Å². The molecule has 4 aliphatic rings. The second kappa shape index (κ2) is 9.72. The molecule has 4 fully saturated rings. The van der Waals surface area contributed by atoms with Gasteiger partial charge in [0.2, 0.25) is 11.8 Å². The summed E-state index contributed by atoms with van der Waals surface area (Å²) in [5, 5.41) is 5.81. The molecule has 4 bridgehead atoms. The van der Waals surface area contributed by atoms with Crippen LogP contribution in [0.5, 0.6) is 0 Å². The Morgan fingerprint density at radius 1 is 0.871 bits per heavy atom. The molecular formula is C26H39N3O2. The van der Waals surface area contributed by atoms with Gasteiger partial charge in [-0.25, -0.2) is 0 Å². The Balaban J connectivity index is 1.17. The Morgan fingerprint density at radius 2 is 1.42 bits per heavy atom. The van der Waals surface area contributed by atoms with Crippen molar-refractivity contribution in [1.82, 2.24) is 15.5 Å². The van der Waals surface area contributed by atoms with Crippen molar-refractivity contribution >= 4 is 11.8 Å². The summed E-state index contributed by atoms with van der Waals surface area (Å²) >= 11 is 0. The third-order valence-corrected chi connectivity index (χ3v) is 7.96. The quantitative estimate of drug-likeness (QED) is 0.598. The zero-order valence-electron chi connectivity index (χ0n) is 19.3. The number of hydrogen-bond donors (Lipinski definition) is 2. The summed E-state index contributed by atoms with van der Waals surface area (Å²) in [6, 6.07) is 8.41. The standard InChI is InChI=1S/C26H39N3O2/c1-3-29(4-2)18-20-7-5-19(6-8-20)16-27-25(31)17-28-24(30)15-26-12-21-9-22(13-26)11-23(10-21)14-26/h5-8,21-23H,3-4,9-18H2,1-2H3,(H,27,31)(H,28,30). The van der Waals surface area contributed by atoms with Crippen LogP contribution in [0.15, 0.2) is 24.3 Å². The van der Waals surface area contributed by atoms with Gasteiger partial charge in [-0.1, -0.05) is 38.1 Å². The lowest BCUT2D eigenvalue weighted by atomic mass is 9.49. The van der Waals surface area contributed by atoms with Gasteiger partial charge in [0.25, 0.3) is 0 Å². The molecule has 31 heavy (non-hydrogen) atoms. The predicted octanol–water partition coefficient (Wildman–Crippen LogP) is 3.87. The molecule has 5 nitrogen and oxygen atoms in total. The van der Waals surface area contributed by atoms with Crippen LogP contribution in [0.2, 0.25) is 0 Å². The topological polar surface area (TPSA) is 61.4 Å². The Bertz CT molecular complexity index is 734. The fraction of sp³-hybridized carbons (Fsp3) is 0.692. The predicted molar refractivity (Wildman–Crippen MR) is 123 cm³/mol. The summed E-state index contributed by atoms with van der Waals surface area (Å²) in [6.45, 7) is 7.96. The van der Waals surface area contributed by atoms with Gasteiger partial charge in [0, 0.05) is 19.5 Å². The molecule has 0 unspecified atom stereocenters. The molecule has 5 heteroatoms. The lowest BCUT2D eigenvalue weighted by molar-refractivity contribution is -0.131. The average Bonchev–Trinajstić information content (AvgIpc) is 2.74. The number of nitrogens with one attached hydrogen (secondary N) is 2. The second-order valence-corrected chi connectivity index (χ2v) is 10.4. The molecule has 0 atom stereocenters. The van der Waals surface area contributed by atoms with E-state index in [2.05, 4.69) is 53.6 Å². The van der Waals surface area contributed by atoms with Gasteiger partial charge < -0.3 is 10.6 Å². The molecule has 0 spiro atoms. The van der Waals surface area contributed by atoms with Crippen molar-refractivity contribution in [2.75, 3.05) is 19.6 Å². The molecule has 4 aliphatic carbocycles. The Labute approximate surface area is 187 Å². The fourth-order valence-electron chi connectivity index (χ4n) is 6.82. The van der Waals surface area contributed by atoms with Gasteiger partial charge in [0.05, 0.1) is 6.54 Å². The Morgan fingerprint density at radius 3 is 1.97 bits per heavy atom. The maximum atomic E-state index is 12.6. The van der Waals surface area contributed by atoms with Crippen LogP contribution in [0.25, 0.3) is 0 Å². The summed E-state index contributed by atoms with van der Waals surface area (Å²) in [5.74, 6) is 2.48. The van der Waals surface area contributed by atoms with E-state index in [1.165, 1.54) is 44.1 Å². The molecule has 0 heterocycles. The van der Waals surface area contributed by atoms with Crippen molar-refractivity contribution in [3.63, 3.8) is 0 Å². The van der Waals surface area contributed by atoms with Crippen LogP contribution in [0.4, 0.5) is 0 Å². The molecule has 4 saturated carbocycles. The van der Waals surface area contributed by atoms with Gasteiger partial charge in [0.1, 0.15) is 0 Å². The molecule has 170 valence electrons. The smallest absolute Gasteiger partial charge is 0.239 e. The maximum absolute atomic E-state index is 12.6. The third-order valence-electron chi connectivity index (χ3n) is 7.96. The summed E-state index contributed by atoms with van der Waals surface area (Å²) in [4.78, 5) is 27.2. The van der Waals surface area contributed by atoms with E-state index >= 15 is 0 Å². The van der Waals surface area contributed by atoms with E-state index in [9.17, 15) is 9.59 Å². The molecule has 0 aromatic heterocycles. The first-order valence-corrected chi connectivity index (χ1v) is 12.3. The Hall–Kier alpha value is -1.88. The van der Waals surface area contributed by atoms with E-state index in [0.717, 1.165) is 43.0 Å². The highest BCUT2D eigenvalue weighted by atomic mass is 16.2. The van der Waals surface area contributed by atoms with Crippen molar-refractivity contribution in [2.24, 2.45) is 23.2 Å². The van der Waals surface area contributed by atoms with E-state index in [1.807, 2.05) is 0 Å². The highest BCUT2D eigenvalue weighted by molar-refractivity contribution is 5.84. The van der Waals surface area contributed by atoms with Crippen molar-refractivity contribution in [3.05, 3.63) is 35.4 Å². The number of carbonyl (C=O) groups is 2. The van der Waals surface area contributed by atoms with Gasteiger partial charge in [-0.05, 0) is 85.9 Å². The highest BCUT2D eigenvalue weighted by Gasteiger charge is 2.51. The summed E-state index contributed by atoms with van der Waals surface area (Å²) in [5.41, 5.74) is 2.59. The number of amides is 2. The number of benzene rings is 1. The van der Waals surface area contributed by atoms with Crippen LogP contribution in [0, 0.1) is 23.2 Å². The molecule has 2 N–H and O–H groups in total. The summed E-state index contributed by atoms with van der Waals surface area (Å²) in [7, 11) is 0. The molecule has 0 saturated heterocycles. The van der Waals surface area contributed by atoms with Crippen LogP contribution in [-0.2, 0) is 22.7 Å². The van der Waals surface area contributed by atoms with Crippen LogP contribution in [0.1, 0.15) is 69.9 Å². The highest BCUT2D eigenvalue weighted by Crippen LogP contribution is 2.61. The first-order valence-electron chi connectivity index (χ1n) is 12.3. The van der Waals surface area contributed by atoms with Crippen molar-refractivity contribution in [3.8, 4) is 0 Å². The van der Waals surface area contributed by atoms with Crippen LogP contribution >= 0.6 is 0 Å². The number of nitrogens with zero attached hydrogens (tertiary/aromatic N) is 1. The summed E-state index contributed by atoms with van der Waals surface area (Å²) in [6.07, 6.45) is 8.45. The normalized spacial score (nSPS) is 28.7. The molecule has 1 aromatic rings. The molecule has 2 amide bonds. The molecule has 0 radical (unpaired) electrons. The molecular weight excluding hydrogens is 386 g/mol. The molecule has 0 aliphatic heterocycles. The minimum absolute atomic E-state index is 0.0536. The van der Waals surface area contributed by atoms with Gasteiger partial charge in [0.15, 0.2) is 0 Å². The number of hydrogen-bond acceptors (Lipinski definition) is 3. The van der Waals surface area contributed by atoms with Gasteiger partial charge in [-0.15, -0.1) is 0 Å². The van der Waals surface area contributed by atoms with Crippen LogP contribution < -0.4 is 10.6 Å². The van der Waals surface area contributed by atoms with Gasteiger partial charge in [-0.2, -0.15) is 0 Å². The van der Waals surface area contributed by atoms with Crippen molar-refractivity contribution < 1.29 is 9.59 Å². The zero-order chi connectivity index (χ0) is 21.8. The van der Waals surface area contributed by atoms with E-state index in [1.54, 1.807) is 0 Å². The van der Waals surface area contributed by atoms with Gasteiger partial charge >= 0.3 is 0 Å². The van der Waals surface area contributed by atoms with E-state index in [0.29, 0.717) is 13.0 Å². The minimum atomic E-state index is -0.119. The Kier molecular flexibility index (Phi) is 7.00. The molecule has 5 rings (SSSR count). The van der Waals surface area contributed by atoms with E-state index < -0.39 is 0 Å². The minimum Gasteiger partial charge on any atom is -0.350 e.